The monoisotopic (exact) mass is 793 g/mol. The molecule has 3 N–H and O–H groups in total. The first-order chi connectivity index (χ1) is 25.8. The number of carbonyl (C=O) groups excluding carboxylic acids is 4. The highest BCUT2D eigenvalue weighted by Crippen LogP contribution is 2.39. The third-order valence-electron chi connectivity index (χ3n) is 7.97. The Kier molecular flexibility index (Phi) is 17.9. The predicted molar refractivity (Wildman–Crippen MR) is 202 cm³/mol. The number of amides is 2. The van der Waals surface area contributed by atoms with Gasteiger partial charge in [-0.3, -0.25) is 9.59 Å². The lowest BCUT2D eigenvalue weighted by Crippen LogP contribution is -2.38. The van der Waals surface area contributed by atoms with Gasteiger partial charge in [-0.15, -0.1) is 0 Å². The summed E-state index contributed by atoms with van der Waals surface area (Å²) in [5.74, 6) is -1.78. The summed E-state index contributed by atoms with van der Waals surface area (Å²) in [5.41, 5.74) is 1.67. The molecule has 54 heavy (non-hydrogen) atoms. The highest BCUT2D eigenvalue weighted by atomic mass is 35.5. The van der Waals surface area contributed by atoms with Crippen molar-refractivity contribution in [3.05, 3.63) is 87.7 Å². The van der Waals surface area contributed by atoms with Crippen LogP contribution in [0.25, 0.3) is 0 Å². The molecule has 4 rings (SSSR count). The van der Waals surface area contributed by atoms with Gasteiger partial charge in [0.2, 0.25) is 19.1 Å². The van der Waals surface area contributed by atoms with Gasteiger partial charge in [-0.1, -0.05) is 62.2 Å². The molecule has 0 bridgehead atoms. The van der Waals surface area contributed by atoms with Gasteiger partial charge in [-0.2, -0.15) is 0 Å². The van der Waals surface area contributed by atoms with E-state index in [4.69, 9.17) is 46.9 Å². The average Bonchev–Trinajstić information content (AvgIpc) is 3.53. The quantitative estimate of drug-likeness (QED) is 0.0589. The van der Waals surface area contributed by atoms with Crippen molar-refractivity contribution < 1.29 is 52.0 Å². The second kappa shape index (κ2) is 22.0. The maximum Gasteiger partial charge on any atom is 0.511 e. The van der Waals surface area contributed by atoms with Crippen LogP contribution in [-0.4, -0.2) is 84.5 Å². The van der Waals surface area contributed by atoms with Gasteiger partial charge in [0, 0.05) is 36.3 Å². The SMILES string of the molecule is CC(C)(C)CC1NCC(c2cccc(Cl)c2F)C1C(=O)Nc1cccc(Cl)c1.COCCOCCOC(=O)OCOC(=O)c1ccc(NC=O)c(OC)c1. The van der Waals surface area contributed by atoms with Gasteiger partial charge in [0.15, 0.2) is 0 Å². The average molecular weight is 795 g/mol. The lowest BCUT2D eigenvalue weighted by Gasteiger charge is -2.29. The van der Waals surface area contributed by atoms with Crippen LogP contribution in [0.1, 0.15) is 49.0 Å². The lowest BCUT2D eigenvalue weighted by molar-refractivity contribution is -0.120. The number of hydrogen-bond acceptors (Lipinski definition) is 11. The Hall–Kier alpha value is -4.47. The molecule has 1 aliphatic rings. The van der Waals surface area contributed by atoms with Gasteiger partial charge in [0.05, 0.1) is 49.1 Å². The van der Waals surface area contributed by atoms with Gasteiger partial charge in [-0.25, -0.2) is 14.0 Å². The van der Waals surface area contributed by atoms with E-state index < -0.39 is 30.7 Å². The molecule has 16 heteroatoms. The van der Waals surface area contributed by atoms with Crippen molar-refractivity contribution in [2.75, 3.05) is 64.6 Å². The van der Waals surface area contributed by atoms with Crippen LogP contribution in [0, 0.1) is 17.2 Å². The molecule has 0 aromatic heterocycles. The van der Waals surface area contributed by atoms with Crippen molar-refractivity contribution in [1.29, 1.82) is 0 Å². The maximum absolute atomic E-state index is 14.7. The standard InChI is InChI=1S/C22H25Cl2FN2O.C16H21NO9/c1-22(2,3)11-18-19(21(28)27-14-7-4-6-13(23)10-14)16(12-26-18)15-8-5-9-17(24)20(15)25;1-21-5-6-23-7-8-24-16(20)26-11-25-15(19)12-3-4-13(17-10-18)14(9-12)22-2/h4-10,16,18-19,26H,11-12H2,1-3H3,(H,27,28);3-4,9-10H,5-8,11H2,1-2H3,(H,17,18). The molecule has 1 heterocycles. The van der Waals surface area contributed by atoms with Gasteiger partial charge in [-0.05, 0) is 59.9 Å². The van der Waals surface area contributed by atoms with E-state index in [-0.39, 0.29) is 52.8 Å². The van der Waals surface area contributed by atoms with Crippen LogP contribution in [0.3, 0.4) is 0 Å². The molecular formula is C38H46Cl2FN3O10. The van der Waals surface area contributed by atoms with Gasteiger partial charge in [0.25, 0.3) is 0 Å². The minimum absolute atomic E-state index is 0.00110. The summed E-state index contributed by atoms with van der Waals surface area (Å²) >= 11 is 12.0. The summed E-state index contributed by atoms with van der Waals surface area (Å²) in [5, 5.41) is 9.44. The fourth-order valence-electron chi connectivity index (χ4n) is 5.62. The number of hydrogen-bond donors (Lipinski definition) is 3. The van der Waals surface area contributed by atoms with E-state index in [0.29, 0.717) is 48.1 Å². The Labute approximate surface area is 324 Å². The van der Waals surface area contributed by atoms with Crippen molar-refractivity contribution in [3.63, 3.8) is 0 Å². The third-order valence-corrected chi connectivity index (χ3v) is 8.50. The minimum atomic E-state index is -0.990. The van der Waals surface area contributed by atoms with Crippen LogP contribution < -0.4 is 20.7 Å². The molecule has 1 fully saturated rings. The van der Waals surface area contributed by atoms with E-state index >= 15 is 0 Å². The Morgan fingerprint density at radius 2 is 1.69 bits per heavy atom. The highest BCUT2D eigenvalue weighted by molar-refractivity contribution is 6.31. The van der Waals surface area contributed by atoms with Crippen LogP contribution in [0.5, 0.6) is 5.75 Å². The molecule has 3 aromatic rings. The molecule has 0 aliphatic carbocycles. The van der Waals surface area contributed by atoms with Crippen molar-refractivity contribution >= 4 is 59.0 Å². The first-order valence-corrected chi connectivity index (χ1v) is 17.7. The molecule has 3 unspecified atom stereocenters. The van der Waals surface area contributed by atoms with Crippen LogP contribution in [-0.2, 0) is 33.3 Å². The fourth-order valence-corrected chi connectivity index (χ4v) is 6.00. The van der Waals surface area contributed by atoms with Crippen LogP contribution in [0.4, 0.5) is 20.6 Å². The molecule has 0 radical (unpaired) electrons. The first kappa shape index (κ1) is 43.9. The molecule has 2 amide bonds. The summed E-state index contributed by atoms with van der Waals surface area (Å²) < 4.78 is 43.8. The predicted octanol–water partition coefficient (Wildman–Crippen LogP) is 7.07. The van der Waals surface area contributed by atoms with E-state index in [9.17, 15) is 23.6 Å². The number of esters is 1. The number of benzene rings is 3. The second-order valence-corrected chi connectivity index (χ2v) is 14.0. The van der Waals surface area contributed by atoms with Crippen molar-refractivity contribution in [2.45, 2.75) is 39.2 Å². The summed E-state index contributed by atoms with van der Waals surface area (Å²) in [7, 11) is 2.93. The largest absolute Gasteiger partial charge is 0.511 e. The molecule has 1 aliphatic heterocycles. The smallest absolute Gasteiger partial charge is 0.495 e. The lowest BCUT2D eigenvalue weighted by atomic mass is 9.78. The Morgan fingerprint density at radius 3 is 2.37 bits per heavy atom. The number of rotatable bonds is 16. The maximum atomic E-state index is 14.7. The number of nitrogens with one attached hydrogen (secondary N) is 3. The first-order valence-electron chi connectivity index (χ1n) is 16.9. The molecule has 3 aromatic carbocycles. The van der Waals surface area contributed by atoms with Gasteiger partial charge in [0.1, 0.15) is 18.2 Å². The normalized spacial score (nSPS) is 16.3. The summed E-state index contributed by atoms with van der Waals surface area (Å²) in [6.07, 6.45) is 0.285. The van der Waals surface area contributed by atoms with Gasteiger partial charge >= 0.3 is 12.1 Å². The Balaban J connectivity index is 0.000000292. The molecule has 0 saturated carbocycles. The number of halogens is 3. The summed E-state index contributed by atoms with van der Waals surface area (Å²) in [6, 6.07) is 16.2. The molecule has 0 spiro atoms. The number of carbonyl (C=O) groups is 4. The molecule has 3 atom stereocenters. The zero-order valence-electron chi connectivity index (χ0n) is 30.7. The fraction of sp³-hybridized carbons (Fsp3) is 0.421. The van der Waals surface area contributed by atoms with E-state index in [2.05, 4.69) is 41.5 Å². The summed E-state index contributed by atoms with van der Waals surface area (Å²) in [6.45, 7) is 7.33. The van der Waals surface area contributed by atoms with E-state index in [1.54, 1.807) is 43.5 Å². The van der Waals surface area contributed by atoms with Crippen molar-refractivity contribution in [1.82, 2.24) is 5.32 Å². The zero-order chi connectivity index (χ0) is 39.7. The van der Waals surface area contributed by atoms with Crippen LogP contribution in [0.2, 0.25) is 10.0 Å². The van der Waals surface area contributed by atoms with Gasteiger partial charge < -0.3 is 44.4 Å². The summed E-state index contributed by atoms with van der Waals surface area (Å²) in [4.78, 5) is 46.9. The van der Waals surface area contributed by atoms with Crippen LogP contribution >= 0.6 is 23.2 Å². The van der Waals surface area contributed by atoms with E-state index in [0.717, 1.165) is 6.42 Å². The Morgan fingerprint density at radius 1 is 0.944 bits per heavy atom. The van der Waals surface area contributed by atoms with Crippen molar-refractivity contribution in [3.8, 4) is 5.75 Å². The minimum Gasteiger partial charge on any atom is -0.495 e. The van der Waals surface area contributed by atoms with E-state index in [1.807, 2.05) is 0 Å². The molecule has 1 saturated heterocycles. The third kappa shape index (κ3) is 14.1. The van der Waals surface area contributed by atoms with Crippen LogP contribution in [0.15, 0.2) is 60.7 Å². The molecular weight excluding hydrogens is 748 g/mol. The van der Waals surface area contributed by atoms with Crippen molar-refractivity contribution in [2.24, 2.45) is 11.3 Å². The second-order valence-electron chi connectivity index (χ2n) is 13.1. The zero-order valence-corrected chi connectivity index (χ0v) is 32.3. The number of methoxy groups -OCH3 is 2. The Bertz CT molecular complexity index is 1710. The topological polar surface area (TPSA) is 160 Å². The number of anilines is 2. The highest BCUT2D eigenvalue weighted by Gasteiger charge is 2.44. The molecule has 294 valence electrons. The van der Waals surface area contributed by atoms with E-state index in [1.165, 1.54) is 31.4 Å². The molecule has 13 nitrogen and oxygen atoms in total. The number of ether oxygens (including phenoxy) is 6.